The Morgan fingerprint density at radius 2 is 1.96 bits per heavy atom. The SMILES string of the molecule is CNCCC1CCN(C(=O)c2cnn(-c3ccccc3C)c2C)CC1. The molecule has 1 saturated heterocycles. The number of hydrogen-bond acceptors (Lipinski definition) is 3. The van der Waals surface area contributed by atoms with Gasteiger partial charge in [0.2, 0.25) is 0 Å². The van der Waals surface area contributed by atoms with Crippen LogP contribution < -0.4 is 5.32 Å². The highest BCUT2D eigenvalue weighted by Gasteiger charge is 2.26. The van der Waals surface area contributed by atoms with Crippen molar-refractivity contribution < 1.29 is 4.79 Å². The van der Waals surface area contributed by atoms with Crippen LogP contribution in [0.5, 0.6) is 0 Å². The molecule has 1 N–H and O–H groups in total. The quantitative estimate of drug-likeness (QED) is 0.910. The summed E-state index contributed by atoms with van der Waals surface area (Å²) in [5.74, 6) is 0.844. The monoisotopic (exact) mass is 340 g/mol. The molecule has 2 aromatic rings. The van der Waals surface area contributed by atoms with Crippen molar-refractivity contribution >= 4 is 5.91 Å². The molecule has 5 heteroatoms. The fourth-order valence-corrected chi connectivity index (χ4v) is 3.61. The highest BCUT2D eigenvalue weighted by atomic mass is 16.2. The minimum Gasteiger partial charge on any atom is -0.339 e. The number of para-hydroxylation sites is 1. The smallest absolute Gasteiger partial charge is 0.257 e. The van der Waals surface area contributed by atoms with E-state index in [9.17, 15) is 4.79 Å². The zero-order valence-corrected chi connectivity index (χ0v) is 15.5. The zero-order valence-electron chi connectivity index (χ0n) is 15.5. The fourth-order valence-electron chi connectivity index (χ4n) is 3.61. The Kier molecular flexibility index (Phi) is 5.53. The summed E-state index contributed by atoms with van der Waals surface area (Å²) in [5.41, 5.74) is 3.82. The van der Waals surface area contributed by atoms with Crippen LogP contribution in [0.2, 0.25) is 0 Å². The van der Waals surface area contributed by atoms with Crippen LogP contribution in [0.3, 0.4) is 0 Å². The van der Waals surface area contributed by atoms with Crippen molar-refractivity contribution in [3.63, 3.8) is 0 Å². The second kappa shape index (κ2) is 7.83. The van der Waals surface area contributed by atoms with Crippen LogP contribution >= 0.6 is 0 Å². The number of piperidine rings is 1. The summed E-state index contributed by atoms with van der Waals surface area (Å²) in [7, 11) is 1.99. The van der Waals surface area contributed by atoms with E-state index in [4.69, 9.17) is 0 Å². The summed E-state index contributed by atoms with van der Waals surface area (Å²) in [4.78, 5) is 14.9. The number of aromatic nitrogens is 2. The summed E-state index contributed by atoms with van der Waals surface area (Å²) >= 11 is 0. The van der Waals surface area contributed by atoms with E-state index in [0.717, 1.165) is 60.9 Å². The van der Waals surface area contributed by atoms with E-state index in [1.807, 2.05) is 41.8 Å². The first-order valence-corrected chi connectivity index (χ1v) is 9.16. The molecule has 0 saturated carbocycles. The Labute approximate surface area is 150 Å². The minimum absolute atomic E-state index is 0.115. The van der Waals surface area contributed by atoms with Gasteiger partial charge in [-0.1, -0.05) is 18.2 Å². The van der Waals surface area contributed by atoms with Gasteiger partial charge in [0, 0.05) is 13.1 Å². The van der Waals surface area contributed by atoms with Gasteiger partial charge in [0.1, 0.15) is 0 Å². The molecule has 1 aliphatic heterocycles. The van der Waals surface area contributed by atoms with Gasteiger partial charge in [0.05, 0.1) is 23.1 Å². The highest BCUT2D eigenvalue weighted by Crippen LogP contribution is 2.23. The third kappa shape index (κ3) is 3.76. The topological polar surface area (TPSA) is 50.2 Å². The molecule has 0 bridgehead atoms. The number of amides is 1. The molecule has 0 atom stereocenters. The Morgan fingerprint density at radius 3 is 2.64 bits per heavy atom. The summed E-state index contributed by atoms with van der Waals surface area (Å²) in [6, 6.07) is 8.12. The van der Waals surface area contributed by atoms with Gasteiger partial charge >= 0.3 is 0 Å². The first-order chi connectivity index (χ1) is 12.1. The highest BCUT2D eigenvalue weighted by molar-refractivity contribution is 5.95. The summed E-state index contributed by atoms with van der Waals surface area (Å²) in [6.45, 7) is 6.80. The van der Waals surface area contributed by atoms with E-state index in [-0.39, 0.29) is 5.91 Å². The summed E-state index contributed by atoms with van der Waals surface area (Å²) in [6.07, 6.45) is 5.11. The van der Waals surface area contributed by atoms with Gasteiger partial charge in [-0.2, -0.15) is 5.10 Å². The van der Waals surface area contributed by atoms with Crippen LogP contribution in [-0.4, -0.2) is 47.3 Å². The van der Waals surface area contributed by atoms with Gasteiger partial charge in [0.15, 0.2) is 0 Å². The van der Waals surface area contributed by atoms with Crippen LogP contribution in [0.1, 0.15) is 40.9 Å². The number of likely N-dealkylation sites (tertiary alicyclic amines) is 1. The first-order valence-electron chi connectivity index (χ1n) is 9.16. The predicted molar refractivity (Wildman–Crippen MR) is 100 cm³/mol. The molecular formula is C20H28N4O. The van der Waals surface area contributed by atoms with E-state index < -0.39 is 0 Å². The summed E-state index contributed by atoms with van der Waals surface area (Å²) < 4.78 is 1.88. The maximum atomic E-state index is 12.9. The maximum Gasteiger partial charge on any atom is 0.257 e. The number of hydrogen-bond donors (Lipinski definition) is 1. The second-order valence-corrected chi connectivity index (χ2v) is 6.97. The molecule has 1 aliphatic rings. The molecule has 1 fully saturated rings. The van der Waals surface area contributed by atoms with Gasteiger partial charge in [-0.25, -0.2) is 4.68 Å². The van der Waals surface area contributed by atoms with Crippen molar-refractivity contribution in [1.29, 1.82) is 0 Å². The molecular weight excluding hydrogens is 312 g/mol. The fraction of sp³-hybridized carbons (Fsp3) is 0.500. The molecule has 25 heavy (non-hydrogen) atoms. The van der Waals surface area contributed by atoms with Crippen LogP contribution in [-0.2, 0) is 0 Å². The molecule has 0 spiro atoms. The van der Waals surface area contributed by atoms with Crippen molar-refractivity contribution in [2.75, 3.05) is 26.7 Å². The molecule has 2 heterocycles. The van der Waals surface area contributed by atoms with Crippen molar-refractivity contribution in [3.8, 4) is 5.69 Å². The average Bonchev–Trinajstić information content (AvgIpc) is 3.01. The van der Waals surface area contributed by atoms with Gasteiger partial charge in [-0.15, -0.1) is 0 Å². The lowest BCUT2D eigenvalue weighted by molar-refractivity contribution is 0.0686. The molecule has 0 radical (unpaired) electrons. The second-order valence-electron chi connectivity index (χ2n) is 6.97. The van der Waals surface area contributed by atoms with Crippen molar-refractivity contribution in [1.82, 2.24) is 20.0 Å². The molecule has 3 rings (SSSR count). The van der Waals surface area contributed by atoms with Gasteiger partial charge in [0.25, 0.3) is 5.91 Å². The van der Waals surface area contributed by atoms with E-state index in [1.54, 1.807) is 6.20 Å². The maximum absolute atomic E-state index is 12.9. The van der Waals surface area contributed by atoms with E-state index in [0.29, 0.717) is 0 Å². The van der Waals surface area contributed by atoms with E-state index in [2.05, 4.69) is 23.4 Å². The number of nitrogens with one attached hydrogen (secondary N) is 1. The lowest BCUT2D eigenvalue weighted by Gasteiger charge is -2.32. The molecule has 134 valence electrons. The van der Waals surface area contributed by atoms with Crippen LogP contribution in [0.15, 0.2) is 30.5 Å². The predicted octanol–water partition coefficient (Wildman–Crippen LogP) is 2.95. The molecule has 0 unspecified atom stereocenters. The van der Waals surface area contributed by atoms with Crippen molar-refractivity contribution in [2.24, 2.45) is 5.92 Å². The normalized spacial score (nSPS) is 15.6. The third-order valence-corrected chi connectivity index (χ3v) is 5.29. The molecule has 1 aromatic carbocycles. The number of benzene rings is 1. The minimum atomic E-state index is 0.115. The van der Waals surface area contributed by atoms with E-state index >= 15 is 0 Å². The van der Waals surface area contributed by atoms with Crippen molar-refractivity contribution in [3.05, 3.63) is 47.3 Å². The van der Waals surface area contributed by atoms with Gasteiger partial charge < -0.3 is 10.2 Å². The van der Waals surface area contributed by atoms with Crippen LogP contribution in [0, 0.1) is 19.8 Å². The number of carbonyl (C=O) groups excluding carboxylic acids is 1. The van der Waals surface area contributed by atoms with Gasteiger partial charge in [-0.05, 0) is 64.3 Å². The standard InChI is InChI=1S/C20H28N4O/c1-15-6-4-5-7-19(15)24-16(2)18(14-22-24)20(25)23-12-9-17(10-13-23)8-11-21-3/h4-7,14,17,21H,8-13H2,1-3H3. The van der Waals surface area contributed by atoms with Crippen LogP contribution in [0.25, 0.3) is 5.69 Å². The summed E-state index contributed by atoms with van der Waals surface area (Å²) in [5, 5.41) is 7.69. The average molecular weight is 340 g/mol. The molecule has 1 aromatic heterocycles. The Bertz CT molecular complexity index is 729. The lowest BCUT2D eigenvalue weighted by Crippen LogP contribution is -2.39. The Hall–Kier alpha value is -2.14. The first kappa shape index (κ1) is 17.7. The number of rotatable bonds is 5. The number of carbonyl (C=O) groups is 1. The zero-order chi connectivity index (χ0) is 17.8. The van der Waals surface area contributed by atoms with E-state index in [1.165, 1.54) is 6.42 Å². The Morgan fingerprint density at radius 1 is 1.24 bits per heavy atom. The lowest BCUT2D eigenvalue weighted by atomic mass is 9.93. The molecule has 1 amide bonds. The number of nitrogens with zero attached hydrogens (tertiary/aromatic N) is 3. The molecule has 0 aliphatic carbocycles. The number of aryl methyl sites for hydroxylation is 1. The van der Waals surface area contributed by atoms with Crippen molar-refractivity contribution in [2.45, 2.75) is 33.1 Å². The van der Waals surface area contributed by atoms with Crippen LogP contribution in [0.4, 0.5) is 0 Å². The third-order valence-electron chi connectivity index (χ3n) is 5.29. The Balaban J connectivity index is 1.71. The molecule has 5 nitrogen and oxygen atoms in total. The largest absolute Gasteiger partial charge is 0.339 e. The van der Waals surface area contributed by atoms with Gasteiger partial charge in [-0.3, -0.25) is 4.79 Å².